The topological polar surface area (TPSA) is 128 Å². The van der Waals surface area contributed by atoms with Gasteiger partial charge in [-0.05, 0) is 43.0 Å². The Kier molecular flexibility index (Phi) is 6.05. The van der Waals surface area contributed by atoms with Gasteiger partial charge >= 0.3 is 5.97 Å². The number of nitrogens with zero attached hydrogens (tertiary/aromatic N) is 5. The van der Waals surface area contributed by atoms with E-state index in [2.05, 4.69) is 24.8 Å². The first kappa shape index (κ1) is 21.1. The number of hydrogen-bond acceptors (Lipinski definition) is 9. The van der Waals surface area contributed by atoms with Crippen LogP contribution in [0.3, 0.4) is 0 Å². The number of hydrogen-bond donors (Lipinski definition) is 0. The molecule has 0 aliphatic carbocycles. The maximum atomic E-state index is 13.1. The molecule has 11 heteroatoms. The third-order valence-corrected chi connectivity index (χ3v) is 7.00. The van der Waals surface area contributed by atoms with Gasteiger partial charge in [0.05, 0.1) is 23.8 Å². The highest BCUT2D eigenvalue weighted by molar-refractivity contribution is 7.89. The molecule has 4 rings (SSSR count). The lowest BCUT2D eigenvalue weighted by atomic mass is 9.96. The van der Waals surface area contributed by atoms with E-state index in [-0.39, 0.29) is 10.8 Å². The fourth-order valence-corrected chi connectivity index (χ4v) is 5.10. The number of rotatable bonds is 6. The Bertz CT molecular complexity index is 1150. The molecule has 1 saturated heterocycles. The molecule has 0 N–H and O–H groups in total. The van der Waals surface area contributed by atoms with Gasteiger partial charge in [-0.3, -0.25) is 4.98 Å². The maximum absolute atomic E-state index is 13.1. The van der Waals surface area contributed by atoms with Crippen molar-refractivity contribution in [3.8, 4) is 11.5 Å². The van der Waals surface area contributed by atoms with Crippen molar-refractivity contribution < 1.29 is 22.5 Å². The summed E-state index contributed by atoms with van der Waals surface area (Å²) < 4.78 is 37.6. The van der Waals surface area contributed by atoms with Crippen molar-refractivity contribution in [3.63, 3.8) is 0 Å². The quantitative estimate of drug-likeness (QED) is 0.525. The van der Waals surface area contributed by atoms with Gasteiger partial charge in [-0.15, -0.1) is 0 Å². The zero-order chi connectivity index (χ0) is 21.8. The molecule has 1 fully saturated rings. The third kappa shape index (κ3) is 4.62. The van der Waals surface area contributed by atoms with E-state index in [4.69, 9.17) is 4.52 Å². The number of piperidine rings is 1. The van der Waals surface area contributed by atoms with Crippen molar-refractivity contribution in [2.75, 3.05) is 20.2 Å². The normalized spacial score (nSPS) is 17.4. The molecule has 0 saturated carbocycles. The molecule has 1 aliphatic rings. The lowest BCUT2D eigenvalue weighted by Crippen LogP contribution is -2.40. The highest BCUT2D eigenvalue weighted by Crippen LogP contribution is 2.26. The first-order chi connectivity index (χ1) is 15.0. The van der Waals surface area contributed by atoms with E-state index in [0.29, 0.717) is 42.5 Å². The Morgan fingerprint density at radius 3 is 2.77 bits per heavy atom. The first-order valence-corrected chi connectivity index (χ1v) is 11.2. The number of benzene rings is 1. The van der Waals surface area contributed by atoms with Gasteiger partial charge < -0.3 is 9.26 Å². The summed E-state index contributed by atoms with van der Waals surface area (Å²) in [6.07, 6.45) is 6.72. The zero-order valence-corrected chi connectivity index (χ0v) is 17.7. The fourth-order valence-electron chi connectivity index (χ4n) is 3.55. The van der Waals surface area contributed by atoms with Gasteiger partial charge in [-0.25, -0.2) is 18.2 Å². The summed E-state index contributed by atoms with van der Waals surface area (Å²) in [6.45, 7) is 0.788. The summed E-state index contributed by atoms with van der Waals surface area (Å²) >= 11 is 0. The number of aromatic nitrogens is 4. The molecule has 1 aromatic carbocycles. The Balaban J connectivity index is 1.44. The fraction of sp³-hybridized carbons (Fsp3) is 0.350. The van der Waals surface area contributed by atoms with Crippen LogP contribution in [0.1, 0.15) is 29.1 Å². The van der Waals surface area contributed by atoms with E-state index in [1.54, 1.807) is 18.6 Å². The van der Waals surface area contributed by atoms with E-state index in [0.717, 1.165) is 12.8 Å². The van der Waals surface area contributed by atoms with Gasteiger partial charge in [-0.2, -0.15) is 9.29 Å². The molecule has 10 nitrogen and oxygen atoms in total. The van der Waals surface area contributed by atoms with Crippen LogP contribution in [-0.2, 0) is 21.2 Å². The molecular weight excluding hydrogens is 422 g/mol. The highest BCUT2D eigenvalue weighted by atomic mass is 32.2. The summed E-state index contributed by atoms with van der Waals surface area (Å²) in [5, 5.41) is 3.94. The summed E-state index contributed by atoms with van der Waals surface area (Å²) in [7, 11) is -2.40. The van der Waals surface area contributed by atoms with E-state index < -0.39 is 16.0 Å². The van der Waals surface area contributed by atoms with Crippen LogP contribution >= 0.6 is 0 Å². The number of sulfonamides is 1. The number of carbonyl (C=O) groups excluding carboxylic acids is 1. The zero-order valence-electron chi connectivity index (χ0n) is 16.8. The van der Waals surface area contributed by atoms with Crippen LogP contribution in [0.2, 0.25) is 0 Å². The molecule has 0 bridgehead atoms. The van der Waals surface area contributed by atoms with Gasteiger partial charge in [0.2, 0.25) is 21.7 Å². The molecule has 3 heterocycles. The summed E-state index contributed by atoms with van der Waals surface area (Å²) in [6, 6.07) is 5.76. The minimum Gasteiger partial charge on any atom is -0.465 e. The van der Waals surface area contributed by atoms with Gasteiger partial charge in [0.25, 0.3) is 0 Å². The lowest BCUT2D eigenvalue weighted by Gasteiger charge is -2.31. The van der Waals surface area contributed by atoms with Crippen molar-refractivity contribution in [1.29, 1.82) is 0 Å². The summed E-state index contributed by atoms with van der Waals surface area (Å²) in [5.41, 5.74) is 0.814. The van der Waals surface area contributed by atoms with Gasteiger partial charge in [0, 0.05) is 31.9 Å². The second kappa shape index (κ2) is 8.90. The smallest absolute Gasteiger partial charge is 0.337 e. The molecule has 0 radical (unpaired) electrons. The van der Waals surface area contributed by atoms with Crippen molar-refractivity contribution >= 4 is 16.0 Å². The predicted molar refractivity (Wildman–Crippen MR) is 108 cm³/mol. The maximum Gasteiger partial charge on any atom is 0.337 e. The number of carbonyl (C=O) groups is 1. The number of methoxy groups -OCH3 is 1. The Morgan fingerprint density at radius 1 is 1.26 bits per heavy atom. The monoisotopic (exact) mass is 443 g/mol. The molecule has 1 atom stereocenters. The molecule has 0 spiro atoms. The Hall–Kier alpha value is -3.18. The van der Waals surface area contributed by atoms with Gasteiger partial charge in [0.15, 0.2) is 0 Å². The number of ether oxygens (including phenoxy) is 1. The second-order valence-electron chi connectivity index (χ2n) is 7.19. The van der Waals surface area contributed by atoms with Crippen LogP contribution in [0.5, 0.6) is 0 Å². The van der Waals surface area contributed by atoms with E-state index in [1.807, 2.05) is 0 Å². The van der Waals surface area contributed by atoms with Crippen LogP contribution in [0.25, 0.3) is 11.5 Å². The van der Waals surface area contributed by atoms with Crippen LogP contribution in [0.15, 0.2) is 52.3 Å². The molecule has 1 aliphatic heterocycles. The van der Waals surface area contributed by atoms with Crippen LogP contribution in [-0.4, -0.2) is 59.0 Å². The molecule has 3 aromatic rings. The van der Waals surface area contributed by atoms with Gasteiger partial charge in [0.1, 0.15) is 5.69 Å². The Morgan fingerprint density at radius 2 is 2.06 bits per heavy atom. The minimum absolute atomic E-state index is 0.0491. The van der Waals surface area contributed by atoms with Crippen molar-refractivity contribution in [2.24, 2.45) is 5.92 Å². The van der Waals surface area contributed by atoms with Crippen molar-refractivity contribution in [1.82, 2.24) is 24.4 Å². The van der Waals surface area contributed by atoms with E-state index in [9.17, 15) is 13.2 Å². The predicted octanol–water partition coefficient (Wildman–Crippen LogP) is 1.96. The molecule has 31 heavy (non-hydrogen) atoms. The second-order valence-corrected chi connectivity index (χ2v) is 9.13. The van der Waals surface area contributed by atoms with E-state index in [1.165, 1.54) is 35.7 Å². The SMILES string of the molecule is COC(=O)c1ccc(S(=O)(=O)N2CCC[C@@H](Cc3nc(-c4cnccn4)no3)C2)cc1. The average Bonchev–Trinajstić information content (AvgIpc) is 3.28. The van der Waals surface area contributed by atoms with Crippen molar-refractivity contribution in [2.45, 2.75) is 24.2 Å². The first-order valence-electron chi connectivity index (χ1n) is 9.75. The molecular formula is C20H21N5O5S. The molecule has 2 aromatic heterocycles. The summed E-state index contributed by atoms with van der Waals surface area (Å²) in [5.74, 6) is 0.330. The molecule has 0 amide bonds. The summed E-state index contributed by atoms with van der Waals surface area (Å²) in [4.78, 5) is 24.2. The largest absolute Gasteiger partial charge is 0.465 e. The van der Waals surface area contributed by atoms with Crippen LogP contribution < -0.4 is 0 Å². The average molecular weight is 443 g/mol. The Labute approximate surface area is 179 Å². The highest BCUT2D eigenvalue weighted by Gasteiger charge is 2.31. The van der Waals surface area contributed by atoms with Crippen molar-refractivity contribution in [3.05, 3.63) is 54.3 Å². The van der Waals surface area contributed by atoms with Crippen LogP contribution in [0.4, 0.5) is 0 Å². The van der Waals surface area contributed by atoms with Gasteiger partial charge in [-0.1, -0.05) is 5.16 Å². The minimum atomic E-state index is -3.68. The lowest BCUT2D eigenvalue weighted by molar-refractivity contribution is 0.0600. The molecule has 162 valence electrons. The third-order valence-electron chi connectivity index (χ3n) is 5.12. The van der Waals surface area contributed by atoms with E-state index >= 15 is 0 Å². The van der Waals surface area contributed by atoms with Crippen LogP contribution in [0, 0.1) is 5.92 Å². The molecule has 0 unspecified atom stereocenters. The number of esters is 1. The standard InChI is InChI=1S/C20H21N5O5S/c1-29-20(26)15-4-6-16(7-5-15)31(27,28)25-10-2-3-14(13-25)11-18-23-19(24-30-18)17-12-21-8-9-22-17/h4-9,12,14H,2-3,10-11,13H2,1H3/t14-/m0/s1.